The molecule has 1 saturated carbocycles. The molecular weight excluding hydrogens is 244 g/mol. The molecule has 100 valence electrons. The number of hydrogen-bond acceptors (Lipinski definition) is 4. The van der Waals surface area contributed by atoms with Crippen molar-refractivity contribution >= 4 is 17.5 Å². The minimum Gasteiger partial charge on any atom is -0.340 e. The van der Waals surface area contributed by atoms with E-state index in [1.165, 1.54) is 11.2 Å². The van der Waals surface area contributed by atoms with Crippen LogP contribution < -0.4 is 10.2 Å². The van der Waals surface area contributed by atoms with Gasteiger partial charge in [0, 0.05) is 0 Å². The minimum absolute atomic E-state index is 0.0353. The zero-order chi connectivity index (χ0) is 13.5. The summed E-state index contributed by atoms with van der Waals surface area (Å²) in [5.74, 6) is -0.141. The molecule has 1 aromatic heterocycles. The fraction of sp³-hybridized carbons (Fsp3) is 0.538. The SMILES string of the molecule is CC1C(=O)NC2(CCCC2)C(=O)N1c1cncnc1. The van der Waals surface area contributed by atoms with E-state index in [2.05, 4.69) is 15.3 Å². The van der Waals surface area contributed by atoms with Gasteiger partial charge in [-0.05, 0) is 19.8 Å². The zero-order valence-electron chi connectivity index (χ0n) is 10.8. The maximum absolute atomic E-state index is 12.8. The van der Waals surface area contributed by atoms with Crippen LogP contribution in [0.1, 0.15) is 32.6 Å². The molecule has 1 atom stereocenters. The van der Waals surface area contributed by atoms with E-state index in [-0.39, 0.29) is 11.8 Å². The number of rotatable bonds is 1. The molecule has 2 aliphatic rings. The third-order valence-electron chi connectivity index (χ3n) is 4.04. The summed E-state index contributed by atoms with van der Waals surface area (Å²) in [5.41, 5.74) is -0.125. The Kier molecular flexibility index (Phi) is 2.73. The summed E-state index contributed by atoms with van der Waals surface area (Å²) in [6.07, 6.45) is 7.93. The highest BCUT2D eigenvalue weighted by Gasteiger charge is 2.51. The van der Waals surface area contributed by atoms with Crippen LogP contribution in [0.5, 0.6) is 0 Å². The number of carbonyl (C=O) groups excluding carboxylic acids is 2. The molecule has 2 heterocycles. The van der Waals surface area contributed by atoms with Crippen molar-refractivity contribution in [2.45, 2.75) is 44.2 Å². The molecule has 1 saturated heterocycles. The summed E-state index contributed by atoms with van der Waals surface area (Å²) in [6, 6.07) is -0.523. The lowest BCUT2D eigenvalue weighted by Gasteiger charge is -2.42. The van der Waals surface area contributed by atoms with Crippen molar-refractivity contribution < 1.29 is 9.59 Å². The first-order valence-corrected chi connectivity index (χ1v) is 6.55. The smallest absolute Gasteiger partial charge is 0.253 e. The minimum atomic E-state index is -0.709. The third kappa shape index (κ3) is 1.78. The second kappa shape index (κ2) is 4.29. The predicted octanol–water partition coefficient (Wildman–Crippen LogP) is 0.641. The Balaban J connectivity index is 2.01. The van der Waals surface area contributed by atoms with E-state index in [0.29, 0.717) is 18.5 Å². The van der Waals surface area contributed by atoms with Crippen LogP contribution in [-0.4, -0.2) is 33.4 Å². The van der Waals surface area contributed by atoms with Gasteiger partial charge < -0.3 is 5.32 Å². The Labute approximate surface area is 111 Å². The van der Waals surface area contributed by atoms with E-state index in [9.17, 15) is 9.59 Å². The normalized spacial score (nSPS) is 25.7. The molecule has 1 unspecified atom stereocenters. The van der Waals surface area contributed by atoms with Crippen molar-refractivity contribution in [3.63, 3.8) is 0 Å². The number of carbonyl (C=O) groups is 2. The molecule has 1 aliphatic carbocycles. The van der Waals surface area contributed by atoms with Crippen molar-refractivity contribution in [3.8, 4) is 0 Å². The first kappa shape index (κ1) is 12.1. The zero-order valence-corrected chi connectivity index (χ0v) is 10.8. The van der Waals surface area contributed by atoms with Gasteiger partial charge in [0.15, 0.2) is 0 Å². The van der Waals surface area contributed by atoms with E-state index >= 15 is 0 Å². The van der Waals surface area contributed by atoms with Crippen molar-refractivity contribution in [2.75, 3.05) is 4.90 Å². The topological polar surface area (TPSA) is 75.2 Å². The summed E-state index contributed by atoms with van der Waals surface area (Å²) in [5, 5.41) is 2.92. The third-order valence-corrected chi connectivity index (χ3v) is 4.04. The van der Waals surface area contributed by atoms with E-state index in [0.717, 1.165) is 12.8 Å². The van der Waals surface area contributed by atoms with Gasteiger partial charge in [0.1, 0.15) is 17.9 Å². The predicted molar refractivity (Wildman–Crippen MR) is 68.3 cm³/mol. The molecule has 1 spiro atoms. The number of nitrogens with one attached hydrogen (secondary N) is 1. The van der Waals surface area contributed by atoms with Gasteiger partial charge in [-0.1, -0.05) is 12.8 Å². The number of nitrogens with zero attached hydrogens (tertiary/aromatic N) is 3. The summed E-state index contributed by atoms with van der Waals surface area (Å²) >= 11 is 0. The largest absolute Gasteiger partial charge is 0.340 e. The Bertz CT molecular complexity index is 511. The average Bonchev–Trinajstić information content (AvgIpc) is 2.88. The van der Waals surface area contributed by atoms with Crippen LogP contribution >= 0.6 is 0 Å². The van der Waals surface area contributed by atoms with Crippen LogP contribution in [0.15, 0.2) is 18.7 Å². The van der Waals surface area contributed by atoms with E-state index in [4.69, 9.17) is 0 Å². The molecular formula is C13H16N4O2. The fourth-order valence-corrected chi connectivity index (χ4v) is 2.99. The van der Waals surface area contributed by atoms with Gasteiger partial charge in [0.05, 0.1) is 18.1 Å². The van der Waals surface area contributed by atoms with Crippen LogP contribution in [0.3, 0.4) is 0 Å². The van der Waals surface area contributed by atoms with E-state index in [1.54, 1.807) is 19.3 Å². The molecule has 6 nitrogen and oxygen atoms in total. The Morgan fingerprint density at radius 1 is 1.26 bits per heavy atom. The number of piperazine rings is 1. The Morgan fingerprint density at radius 3 is 2.53 bits per heavy atom. The number of amides is 2. The maximum atomic E-state index is 12.8. The van der Waals surface area contributed by atoms with Gasteiger partial charge in [0.2, 0.25) is 5.91 Å². The molecule has 2 fully saturated rings. The van der Waals surface area contributed by atoms with Crippen molar-refractivity contribution in [2.24, 2.45) is 0 Å². The molecule has 0 radical (unpaired) electrons. The summed E-state index contributed by atoms with van der Waals surface area (Å²) in [7, 11) is 0. The van der Waals surface area contributed by atoms with Crippen molar-refractivity contribution in [1.82, 2.24) is 15.3 Å². The highest BCUT2D eigenvalue weighted by molar-refractivity contribution is 6.10. The molecule has 3 rings (SSSR count). The monoisotopic (exact) mass is 260 g/mol. The average molecular weight is 260 g/mol. The number of anilines is 1. The van der Waals surface area contributed by atoms with Crippen LogP contribution in [0.2, 0.25) is 0 Å². The first-order valence-electron chi connectivity index (χ1n) is 6.55. The molecule has 0 bridgehead atoms. The second-order valence-corrected chi connectivity index (χ2v) is 5.23. The van der Waals surface area contributed by atoms with Crippen LogP contribution in [0.25, 0.3) is 0 Å². The van der Waals surface area contributed by atoms with E-state index < -0.39 is 11.6 Å². The lowest BCUT2D eigenvalue weighted by molar-refractivity contribution is -0.137. The first-order chi connectivity index (χ1) is 9.14. The van der Waals surface area contributed by atoms with Gasteiger partial charge >= 0.3 is 0 Å². The number of hydrogen-bond donors (Lipinski definition) is 1. The van der Waals surface area contributed by atoms with E-state index in [1.807, 2.05) is 0 Å². The Hall–Kier alpha value is -1.98. The maximum Gasteiger partial charge on any atom is 0.253 e. The number of aromatic nitrogens is 2. The lowest BCUT2D eigenvalue weighted by atomic mass is 9.91. The van der Waals surface area contributed by atoms with Gasteiger partial charge in [-0.25, -0.2) is 9.97 Å². The quantitative estimate of drug-likeness (QED) is 0.804. The van der Waals surface area contributed by atoms with Crippen LogP contribution in [0, 0.1) is 0 Å². The summed E-state index contributed by atoms with van der Waals surface area (Å²) in [6.45, 7) is 1.72. The Morgan fingerprint density at radius 2 is 1.89 bits per heavy atom. The van der Waals surface area contributed by atoms with Crippen LogP contribution in [-0.2, 0) is 9.59 Å². The molecule has 1 aromatic rings. The molecule has 1 aliphatic heterocycles. The highest BCUT2D eigenvalue weighted by atomic mass is 16.2. The molecule has 6 heteroatoms. The summed E-state index contributed by atoms with van der Waals surface area (Å²) in [4.78, 5) is 34.3. The van der Waals surface area contributed by atoms with Crippen molar-refractivity contribution in [1.29, 1.82) is 0 Å². The fourth-order valence-electron chi connectivity index (χ4n) is 2.99. The molecule has 19 heavy (non-hydrogen) atoms. The summed E-state index contributed by atoms with van der Waals surface area (Å²) < 4.78 is 0. The van der Waals surface area contributed by atoms with Crippen molar-refractivity contribution in [3.05, 3.63) is 18.7 Å². The molecule has 2 amide bonds. The van der Waals surface area contributed by atoms with Gasteiger partial charge in [-0.3, -0.25) is 14.5 Å². The molecule has 0 aromatic carbocycles. The lowest BCUT2D eigenvalue weighted by Crippen LogP contribution is -2.69. The molecule has 1 N–H and O–H groups in total. The van der Waals surface area contributed by atoms with Gasteiger partial charge in [-0.2, -0.15) is 0 Å². The van der Waals surface area contributed by atoms with Gasteiger partial charge in [0.25, 0.3) is 5.91 Å². The standard InChI is InChI=1S/C13H16N4O2/c1-9-11(18)16-13(4-2-3-5-13)12(19)17(9)10-6-14-8-15-7-10/h6-9H,2-5H2,1H3,(H,16,18). The van der Waals surface area contributed by atoms with Crippen LogP contribution in [0.4, 0.5) is 5.69 Å². The second-order valence-electron chi connectivity index (χ2n) is 5.23. The van der Waals surface area contributed by atoms with Gasteiger partial charge in [-0.15, -0.1) is 0 Å². The highest BCUT2D eigenvalue weighted by Crippen LogP contribution is 2.36.